The van der Waals surface area contributed by atoms with Crippen LogP contribution in [0.15, 0.2) is 52.2 Å². The van der Waals surface area contributed by atoms with Gasteiger partial charge in [0.15, 0.2) is 17.5 Å². The van der Waals surface area contributed by atoms with Gasteiger partial charge in [-0.05, 0) is 52.8 Å². The highest BCUT2D eigenvalue weighted by Crippen LogP contribution is 2.29. The number of aromatic nitrogens is 2. The molecule has 158 valence electrons. The number of benzene rings is 2. The van der Waals surface area contributed by atoms with Crippen LogP contribution in [0.4, 0.5) is 5.69 Å². The molecule has 0 unspecified atom stereocenters. The first kappa shape index (κ1) is 21.8. The van der Waals surface area contributed by atoms with Gasteiger partial charge in [-0.3, -0.25) is 15.0 Å². The van der Waals surface area contributed by atoms with E-state index < -0.39 is 6.10 Å². The second-order valence-corrected chi connectivity index (χ2v) is 7.25. The summed E-state index contributed by atoms with van der Waals surface area (Å²) in [5.74, 6) is 0.405. The average molecular weight is 475 g/mol. The van der Waals surface area contributed by atoms with Gasteiger partial charge in [0.2, 0.25) is 0 Å². The number of aromatic hydroxyl groups is 2. The normalized spacial score (nSPS) is 13.8. The van der Waals surface area contributed by atoms with E-state index in [1.54, 1.807) is 25.5 Å². The Labute approximate surface area is 182 Å². The summed E-state index contributed by atoms with van der Waals surface area (Å²) in [4.78, 5) is 12.8. The summed E-state index contributed by atoms with van der Waals surface area (Å²) in [5.41, 5.74) is 3.22. The molecule has 0 fully saturated rings. The lowest BCUT2D eigenvalue weighted by molar-refractivity contribution is 0.177. The number of rotatable bonds is 4. The van der Waals surface area contributed by atoms with Gasteiger partial charge in [-0.2, -0.15) is 0 Å². The Morgan fingerprint density at radius 2 is 1.93 bits per heavy atom. The predicted octanol–water partition coefficient (Wildman–Crippen LogP) is 2.11. The van der Waals surface area contributed by atoms with E-state index in [2.05, 4.69) is 46.8 Å². The molecule has 0 bridgehead atoms. The summed E-state index contributed by atoms with van der Waals surface area (Å²) in [6.45, 7) is 2.10. The van der Waals surface area contributed by atoms with Crippen LogP contribution in [0, 0.1) is 0 Å². The summed E-state index contributed by atoms with van der Waals surface area (Å²) in [6, 6.07) is 8.16. The van der Waals surface area contributed by atoms with Crippen LogP contribution >= 0.6 is 15.9 Å². The third kappa shape index (κ3) is 5.35. The van der Waals surface area contributed by atoms with E-state index in [9.17, 15) is 5.11 Å². The number of nitrogens with one attached hydrogen (secondary N) is 3. The fraction of sp³-hybridized carbons (Fsp3) is 0.250. The van der Waals surface area contributed by atoms with Gasteiger partial charge in [0, 0.05) is 25.5 Å². The van der Waals surface area contributed by atoms with E-state index in [0.717, 1.165) is 40.2 Å². The molecule has 0 radical (unpaired) electrons. The number of hydrogen-bond donors (Lipinski definition) is 6. The van der Waals surface area contributed by atoms with Crippen molar-refractivity contribution in [1.82, 2.24) is 20.6 Å². The number of guanidine groups is 1. The number of nitrogens with zero attached hydrogens (tertiary/aromatic N) is 3. The number of hydrogen-bond acceptors (Lipinski definition) is 9. The van der Waals surface area contributed by atoms with Crippen LogP contribution in [0.2, 0.25) is 0 Å². The number of likely N-dealkylation sites (N-methyl/N-ethyl adjacent to an activating group) is 1. The zero-order valence-electron chi connectivity index (χ0n) is 16.3. The molecule has 0 amide bonds. The number of aliphatic hydroxyl groups is 1. The predicted molar refractivity (Wildman–Crippen MR) is 120 cm³/mol. The molecule has 1 aromatic heterocycles. The van der Waals surface area contributed by atoms with E-state index in [0.29, 0.717) is 12.1 Å². The molecule has 10 heteroatoms. The summed E-state index contributed by atoms with van der Waals surface area (Å²) >= 11 is 3.54. The largest absolute Gasteiger partial charge is 0.504 e. The minimum atomic E-state index is -0.670. The number of aliphatic hydroxyl groups excluding tert-OH is 1. The molecule has 0 saturated heterocycles. The van der Waals surface area contributed by atoms with Crippen molar-refractivity contribution in [3.63, 3.8) is 0 Å². The quantitative estimate of drug-likeness (QED) is 0.316. The SMILES string of the molecule is Brc1c(NC2=NCCN2)ccc2nccnc12.CNC[C@H](O)c1ccc(O)c(O)c1. The van der Waals surface area contributed by atoms with Crippen molar-refractivity contribution in [3.05, 3.63) is 52.8 Å². The van der Waals surface area contributed by atoms with E-state index in [-0.39, 0.29) is 11.5 Å². The first-order valence-corrected chi connectivity index (χ1v) is 10.1. The number of phenolic OH excluding ortho intramolecular Hbond substituents is 2. The first-order chi connectivity index (χ1) is 14.5. The molecule has 2 aromatic carbocycles. The van der Waals surface area contributed by atoms with E-state index >= 15 is 0 Å². The van der Waals surface area contributed by atoms with Gasteiger partial charge in [-0.25, -0.2) is 0 Å². The van der Waals surface area contributed by atoms with Crippen molar-refractivity contribution < 1.29 is 15.3 Å². The van der Waals surface area contributed by atoms with Gasteiger partial charge >= 0.3 is 0 Å². The number of phenols is 2. The molecule has 0 saturated carbocycles. The Morgan fingerprint density at radius 3 is 2.63 bits per heavy atom. The highest BCUT2D eigenvalue weighted by molar-refractivity contribution is 9.10. The maximum absolute atomic E-state index is 9.48. The molecule has 2 heterocycles. The highest BCUT2D eigenvalue weighted by atomic mass is 79.9. The molecule has 1 atom stereocenters. The van der Waals surface area contributed by atoms with E-state index in [1.807, 2.05) is 12.1 Å². The standard InChI is InChI=1S/C11H10BrN5.C9H13NO3/c12-9-7(17-11-15-5-6-16-11)1-2-8-10(9)14-4-3-13-8;1-10-5-9(13)6-2-3-7(11)8(12)4-6/h1-4H,5-6H2,(H2,15,16,17);2-4,9-13H,5H2,1H3/t;9-/m.0/s1. The van der Waals surface area contributed by atoms with Gasteiger partial charge in [0.1, 0.15) is 5.52 Å². The molecule has 3 aromatic rings. The molecular weight excluding hydrogens is 452 g/mol. The smallest absolute Gasteiger partial charge is 0.195 e. The lowest BCUT2D eigenvalue weighted by Gasteiger charge is -2.10. The van der Waals surface area contributed by atoms with Gasteiger partial charge in [-0.15, -0.1) is 0 Å². The zero-order chi connectivity index (χ0) is 21.5. The van der Waals surface area contributed by atoms with Crippen molar-refractivity contribution >= 4 is 38.6 Å². The van der Waals surface area contributed by atoms with Crippen LogP contribution < -0.4 is 16.0 Å². The second-order valence-electron chi connectivity index (χ2n) is 6.45. The molecule has 9 nitrogen and oxygen atoms in total. The fourth-order valence-electron chi connectivity index (χ4n) is 2.77. The summed E-state index contributed by atoms with van der Waals surface area (Å²) in [7, 11) is 1.73. The van der Waals surface area contributed by atoms with Crippen LogP contribution in [0.5, 0.6) is 11.5 Å². The first-order valence-electron chi connectivity index (χ1n) is 9.28. The highest BCUT2D eigenvalue weighted by Gasteiger charge is 2.11. The summed E-state index contributed by atoms with van der Waals surface area (Å²) in [6.07, 6.45) is 2.70. The van der Waals surface area contributed by atoms with E-state index in [4.69, 9.17) is 10.2 Å². The number of fused-ring (bicyclic) bond motifs is 1. The third-order valence-corrected chi connectivity index (χ3v) is 5.09. The van der Waals surface area contributed by atoms with Gasteiger partial charge in [0.05, 0.1) is 28.3 Å². The van der Waals surface area contributed by atoms with Crippen molar-refractivity contribution in [3.8, 4) is 11.5 Å². The van der Waals surface area contributed by atoms with Gasteiger partial charge in [-0.1, -0.05) is 6.07 Å². The summed E-state index contributed by atoms with van der Waals surface area (Å²) < 4.78 is 0.902. The Hall–Kier alpha value is -2.95. The van der Waals surface area contributed by atoms with Crippen molar-refractivity contribution in [2.75, 3.05) is 32.0 Å². The topological polar surface area (TPSA) is 135 Å². The van der Waals surface area contributed by atoms with E-state index in [1.165, 1.54) is 12.1 Å². The van der Waals surface area contributed by atoms with Crippen LogP contribution in [0.3, 0.4) is 0 Å². The van der Waals surface area contributed by atoms with Crippen molar-refractivity contribution in [2.45, 2.75) is 6.10 Å². The summed E-state index contributed by atoms with van der Waals surface area (Å²) in [5, 5.41) is 36.8. The Kier molecular flexibility index (Phi) is 7.39. The lowest BCUT2D eigenvalue weighted by atomic mass is 10.1. The fourth-order valence-corrected chi connectivity index (χ4v) is 3.30. The van der Waals surface area contributed by atoms with Gasteiger partial charge in [0.25, 0.3) is 0 Å². The van der Waals surface area contributed by atoms with Crippen molar-refractivity contribution in [2.24, 2.45) is 4.99 Å². The monoisotopic (exact) mass is 474 g/mol. The molecule has 30 heavy (non-hydrogen) atoms. The Balaban J connectivity index is 0.000000178. The minimum Gasteiger partial charge on any atom is -0.504 e. The molecule has 6 N–H and O–H groups in total. The van der Waals surface area contributed by atoms with Crippen LogP contribution in [-0.2, 0) is 0 Å². The Morgan fingerprint density at radius 1 is 1.13 bits per heavy atom. The number of aliphatic imine (C=N–C) groups is 1. The second kappa shape index (κ2) is 10.2. The maximum atomic E-state index is 9.48. The van der Waals surface area contributed by atoms with Crippen molar-refractivity contribution in [1.29, 1.82) is 0 Å². The molecule has 1 aliphatic rings. The third-order valence-electron chi connectivity index (χ3n) is 4.29. The van der Waals surface area contributed by atoms with Crippen LogP contribution in [-0.4, -0.2) is 57.9 Å². The number of halogens is 1. The Bertz CT molecular complexity index is 1050. The molecule has 0 spiro atoms. The van der Waals surface area contributed by atoms with Crippen LogP contribution in [0.25, 0.3) is 11.0 Å². The molecular formula is C20H23BrN6O3. The van der Waals surface area contributed by atoms with Gasteiger partial charge < -0.3 is 31.3 Å². The maximum Gasteiger partial charge on any atom is 0.195 e. The zero-order valence-corrected chi connectivity index (χ0v) is 17.9. The lowest BCUT2D eigenvalue weighted by Crippen LogP contribution is -2.26. The number of anilines is 1. The molecule has 4 rings (SSSR count). The van der Waals surface area contributed by atoms with Crippen LogP contribution in [0.1, 0.15) is 11.7 Å². The molecule has 0 aliphatic carbocycles. The minimum absolute atomic E-state index is 0.180. The molecule has 1 aliphatic heterocycles. The average Bonchev–Trinajstić information content (AvgIpc) is 3.26.